The molecule has 0 aromatic carbocycles. The summed E-state index contributed by atoms with van der Waals surface area (Å²) in [5.74, 6) is 0.736. The standard InChI is InChI=1S/C9H13.C6H12N.2ClH.Ti/c1-6-5-7(2)9(4)8(6)3;1-2-7-5-3-4-6-7;;;/h6H,1-4H3;2H,3-6H2,1H3;2*1H;. The number of allylic oxidation sites excluding steroid dienone is 4. The molecule has 0 amide bonds. The third-order valence-electron chi connectivity index (χ3n) is 4.69. The van der Waals surface area contributed by atoms with Gasteiger partial charge in [0.05, 0.1) is 0 Å². The first-order chi connectivity index (χ1) is 8.02. The SMILES string of the molecule is CC1=C(C)C(C)[C]([Ti][CH](C)N2CCCC2)=C1C.Cl.Cl. The number of likely N-dealkylation sites (tertiary alicyclic amines) is 1. The first-order valence-corrected chi connectivity index (χ1v) is 8.59. The minimum atomic E-state index is 0. The van der Waals surface area contributed by atoms with Crippen LogP contribution in [0.15, 0.2) is 20.6 Å². The van der Waals surface area contributed by atoms with E-state index in [-0.39, 0.29) is 44.0 Å². The van der Waals surface area contributed by atoms with E-state index in [9.17, 15) is 0 Å². The van der Waals surface area contributed by atoms with Crippen LogP contribution in [0.1, 0.15) is 47.5 Å². The summed E-state index contributed by atoms with van der Waals surface area (Å²) < 4.78 is 2.67. The van der Waals surface area contributed by atoms with Crippen LogP contribution in [0.5, 0.6) is 0 Å². The molecule has 0 aromatic rings. The van der Waals surface area contributed by atoms with E-state index in [4.69, 9.17) is 0 Å². The van der Waals surface area contributed by atoms with Crippen LogP contribution in [0.4, 0.5) is 0 Å². The molecular formula is C15H27Cl2NTi. The molecule has 1 aliphatic heterocycles. The number of rotatable bonds is 3. The molecule has 0 N–H and O–H groups in total. The molecule has 0 aromatic heterocycles. The number of hydrogen-bond donors (Lipinski definition) is 0. The van der Waals surface area contributed by atoms with E-state index in [2.05, 4.69) is 39.5 Å². The number of halogens is 2. The zero-order valence-electron chi connectivity index (χ0n) is 12.7. The summed E-state index contributed by atoms with van der Waals surface area (Å²) in [6.07, 6.45) is 2.83. The summed E-state index contributed by atoms with van der Waals surface area (Å²) in [4.78, 5) is 2.72. The molecule has 1 saturated heterocycles. The van der Waals surface area contributed by atoms with Crippen LogP contribution in [-0.4, -0.2) is 22.3 Å². The minimum absolute atomic E-state index is 0. The third-order valence-corrected chi connectivity index (χ3v) is 7.66. The monoisotopic (exact) mass is 339 g/mol. The summed E-state index contributed by atoms with van der Waals surface area (Å²) in [6.45, 7) is 14.5. The van der Waals surface area contributed by atoms with Gasteiger partial charge in [0.15, 0.2) is 0 Å². The normalized spacial score (nSPS) is 25.2. The maximum Gasteiger partial charge on any atom is -0.147 e. The molecular weight excluding hydrogens is 313 g/mol. The Hall–Kier alpha value is 0.734. The van der Waals surface area contributed by atoms with Gasteiger partial charge in [-0.1, -0.05) is 0 Å². The molecule has 0 spiro atoms. The van der Waals surface area contributed by atoms with E-state index in [0.29, 0.717) is 0 Å². The first-order valence-electron chi connectivity index (χ1n) is 6.91. The topological polar surface area (TPSA) is 3.24 Å². The zero-order chi connectivity index (χ0) is 12.6. The van der Waals surface area contributed by atoms with Crippen LogP contribution >= 0.6 is 24.8 Å². The van der Waals surface area contributed by atoms with Crippen molar-refractivity contribution in [3.8, 4) is 0 Å². The first kappa shape index (κ1) is 19.7. The van der Waals surface area contributed by atoms with E-state index < -0.39 is 0 Å². The van der Waals surface area contributed by atoms with E-state index in [1.54, 1.807) is 16.7 Å². The average Bonchev–Trinajstić information content (AvgIpc) is 2.90. The largest absolute Gasteiger partial charge is 0.147 e. The Bertz CT molecular complexity index is 370. The van der Waals surface area contributed by atoms with E-state index in [1.807, 2.05) is 3.88 Å². The fourth-order valence-corrected chi connectivity index (χ4v) is 5.79. The summed E-state index contributed by atoms with van der Waals surface area (Å²) in [5, 5.41) is 0. The predicted octanol–water partition coefficient (Wildman–Crippen LogP) is 4.61. The predicted molar refractivity (Wildman–Crippen MR) is 85.0 cm³/mol. The number of hydrogen-bond acceptors (Lipinski definition) is 1. The van der Waals surface area contributed by atoms with Gasteiger partial charge in [-0.25, -0.2) is 0 Å². The van der Waals surface area contributed by atoms with Gasteiger partial charge in [0, 0.05) is 0 Å². The summed E-state index contributed by atoms with van der Waals surface area (Å²) >= 11 is 0.0258. The Kier molecular flexibility index (Phi) is 8.56. The average molecular weight is 340 g/mol. The molecule has 0 radical (unpaired) electrons. The van der Waals surface area contributed by atoms with Crippen molar-refractivity contribution in [2.75, 3.05) is 13.1 Å². The van der Waals surface area contributed by atoms with Crippen LogP contribution < -0.4 is 0 Å². The van der Waals surface area contributed by atoms with Crippen LogP contribution in [-0.2, 0) is 19.2 Å². The van der Waals surface area contributed by atoms with Gasteiger partial charge < -0.3 is 0 Å². The second kappa shape index (κ2) is 8.24. The summed E-state index contributed by atoms with van der Waals surface area (Å²) in [7, 11) is 0. The summed E-state index contributed by atoms with van der Waals surface area (Å²) in [5.41, 5.74) is 4.82. The molecule has 2 rings (SSSR count). The Morgan fingerprint density at radius 3 is 2.00 bits per heavy atom. The second-order valence-electron chi connectivity index (χ2n) is 5.63. The molecule has 0 bridgehead atoms. The maximum atomic E-state index is 2.72. The Balaban J connectivity index is 0.00000162. The van der Waals surface area contributed by atoms with Gasteiger partial charge in [-0.3, -0.25) is 0 Å². The molecule has 2 aliphatic rings. The molecule has 1 aliphatic carbocycles. The summed E-state index contributed by atoms with van der Waals surface area (Å²) in [6, 6.07) is 0. The quantitative estimate of drug-likeness (QED) is 0.678. The molecule has 19 heavy (non-hydrogen) atoms. The maximum absolute atomic E-state index is 2.72. The Labute approximate surface area is 140 Å². The van der Waals surface area contributed by atoms with E-state index in [0.717, 1.165) is 10.3 Å². The van der Waals surface area contributed by atoms with Crippen LogP contribution in [0, 0.1) is 5.92 Å². The van der Waals surface area contributed by atoms with E-state index >= 15 is 0 Å². The van der Waals surface area contributed by atoms with Gasteiger partial charge in [-0.05, 0) is 0 Å². The minimum Gasteiger partial charge on any atom is -0.147 e. The van der Waals surface area contributed by atoms with Crippen LogP contribution in [0.25, 0.3) is 0 Å². The molecule has 2 atom stereocenters. The number of nitrogens with zero attached hydrogens (tertiary/aromatic N) is 1. The van der Waals surface area contributed by atoms with E-state index in [1.165, 1.54) is 25.9 Å². The molecule has 0 saturated carbocycles. The van der Waals surface area contributed by atoms with Crippen molar-refractivity contribution in [2.45, 2.75) is 51.8 Å². The second-order valence-corrected chi connectivity index (χ2v) is 8.23. The zero-order valence-corrected chi connectivity index (χ0v) is 15.9. The van der Waals surface area contributed by atoms with Gasteiger partial charge >= 0.3 is 115 Å². The molecule has 1 nitrogen and oxygen atoms in total. The smallest absolute Gasteiger partial charge is 0.147 e. The van der Waals surface area contributed by atoms with Crippen molar-refractivity contribution < 1.29 is 19.2 Å². The molecule has 1 fully saturated rings. The van der Waals surface area contributed by atoms with Crippen molar-refractivity contribution in [1.82, 2.24) is 4.90 Å². The van der Waals surface area contributed by atoms with Crippen LogP contribution in [0.3, 0.4) is 0 Å². The van der Waals surface area contributed by atoms with Gasteiger partial charge in [-0.15, -0.1) is 24.8 Å². The van der Waals surface area contributed by atoms with Crippen molar-refractivity contribution in [1.29, 1.82) is 0 Å². The van der Waals surface area contributed by atoms with Crippen molar-refractivity contribution >= 4 is 24.8 Å². The Morgan fingerprint density at radius 2 is 1.58 bits per heavy atom. The molecule has 4 heteroatoms. The third kappa shape index (κ3) is 4.11. The van der Waals surface area contributed by atoms with Crippen molar-refractivity contribution in [3.05, 3.63) is 20.6 Å². The molecule has 110 valence electrons. The molecule has 2 unspecified atom stereocenters. The fourth-order valence-electron chi connectivity index (χ4n) is 3.04. The van der Waals surface area contributed by atoms with Crippen molar-refractivity contribution in [2.24, 2.45) is 5.92 Å². The Morgan fingerprint density at radius 1 is 1.05 bits per heavy atom. The van der Waals surface area contributed by atoms with Crippen molar-refractivity contribution in [3.63, 3.8) is 0 Å². The van der Waals surface area contributed by atoms with Gasteiger partial charge in [-0.2, -0.15) is 0 Å². The van der Waals surface area contributed by atoms with Gasteiger partial charge in [0.1, 0.15) is 0 Å². The fraction of sp³-hybridized carbons (Fsp3) is 0.733. The van der Waals surface area contributed by atoms with Crippen LogP contribution in [0.2, 0.25) is 0 Å². The van der Waals surface area contributed by atoms with Gasteiger partial charge in [0.25, 0.3) is 0 Å². The molecule has 1 heterocycles. The van der Waals surface area contributed by atoms with Gasteiger partial charge in [0.2, 0.25) is 0 Å².